The summed E-state index contributed by atoms with van der Waals surface area (Å²) in [5.41, 5.74) is 43.1. The molecule has 15 aromatic carbocycles. The molecule has 9 nitrogen and oxygen atoms in total. The molecule has 0 aliphatic carbocycles. The van der Waals surface area contributed by atoms with E-state index in [0.717, 1.165) is 174 Å². The van der Waals surface area contributed by atoms with Crippen LogP contribution in [0.1, 0.15) is 77.9 Å². The molecule has 12 heteroatoms. The molecule has 0 N–H and O–H groups in total. The average molecular weight is 1500 g/mol. The van der Waals surface area contributed by atoms with Gasteiger partial charge >= 0.3 is 0 Å². The Labute approximate surface area is 675 Å². The van der Waals surface area contributed by atoms with Crippen molar-refractivity contribution < 1.29 is 18.9 Å². The lowest BCUT2D eigenvalue weighted by Crippen LogP contribution is -2.65. The molecule has 0 fully saturated rings. The second-order valence-corrected chi connectivity index (χ2v) is 34.6. The number of aryl methyl sites for hydroxylation is 14. The van der Waals surface area contributed by atoms with E-state index < -0.39 is 0 Å². The van der Waals surface area contributed by atoms with Gasteiger partial charge in [0.05, 0.1) is 61.5 Å². The van der Waals surface area contributed by atoms with Crippen molar-refractivity contribution in [3.63, 3.8) is 0 Å². The third kappa shape index (κ3) is 9.38. The van der Waals surface area contributed by atoms with Crippen LogP contribution in [-0.2, 0) is 0 Å². The van der Waals surface area contributed by atoms with Crippen molar-refractivity contribution in [1.29, 1.82) is 0 Å². The van der Waals surface area contributed by atoms with Crippen molar-refractivity contribution in [3.05, 3.63) is 308 Å². The van der Waals surface area contributed by atoms with Crippen LogP contribution in [0.15, 0.2) is 231 Å². The normalized spacial score (nSPS) is 13.6. The van der Waals surface area contributed by atoms with Crippen LogP contribution in [0.4, 0.5) is 34.1 Å². The van der Waals surface area contributed by atoms with Crippen LogP contribution in [0.3, 0.4) is 0 Å². The van der Waals surface area contributed by atoms with Gasteiger partial charge in [0.25, 0.3) is 20.1 Å². The van der Waals surface area contributed by atoms with Gasteiger partial charge in [0.2, 0.25) is 0 Å². The number of ether oxygens (including phenoxy) is 4. The molecule has 0 atom stereocenters. The molecular formula is C104H80B3N5O4. The van der Waals surface area contributed by atoms with Crippen molar-refractivity contribution >= 4 is 169 Å². The average Bonchev–Trinajstić information content (AvgIpc) is 0.853. The summed E-state index contributed by atoms with van der Waals surface area (Å²) in [6.07, 6.45) is 0. The fourth-order valence-electron chi connectivity index (χ4n) is 21.7. The van der Waals surface area contributed by atoms with Gasteiger partial charge in [-0.25, -0.2) is 0 Å². The Morgan fingerprint density at radius 1 is 0.198 bits per heavy atom. The summed E-state index contributed by atoms with van der Waals surface area (Å²) in [5, 5.41) is 7.30. The van der Waals surface area contributed by atoms with Gasteiger partial charge in [-0.1, -0.05) is 153 Å². The molecule has 0 radical (unpaired) electrons. The minimum absolute atomic E-state index is 0.274. The molecule has 116 heavy (non-hydrogen) atoms. The highest BCUT2D eigenvalue weighted by Gasteiger charge is 2.51. The molecule has 0 saturated carbocycles. The van der Waals surface area contributed by atoms with Crippen molar-refractivity contribution in [2.45, 2.75) is 96.9 Å². The highest BCUT2D eigenvalue weighted by molar-refractivity contribution is 7.03. The molecule has 9 heterocycles. The third-order valence-electron chi connectivity index (χ3n) is 26.2. The van der Waals surface area contributed by atoms with Gasteiger partial charge in [0.15, 0.2) is 0 Å². The molecule has 0 amide bonds. The van der Waals surface area contributed by atoms with Crippen LogP contribution in [0.5, 0.6) is 46.0 Å². The predicted molar refractivity (Wildman–Crippen MR) is 485 cm³/mol. The van der Waals surface area contributed by atoms with Crippen molar-refractivity contribution in [3.8, 4) is 63.1 Å². The van der Waals surface area contributed by atoms with Crippen LogP contribution in [0.25, 0.3) is 82.5 Å². The fourth-order valence-corrected chi connectivity index (χ4v) is 21.7. The standard InChI is InChI=1S/C104H80B3N5O4/c1-53-15-23-82-70(35-53)71-36-54(2)16-24-83(71)108(82)67-43-90-100-91(44-67)112(104-65(13)33-62(10)34-66(104)14)89-52-95-81(107-79-42-60(8)22-30-93(79)114-97-46-69(48-99(116-95)102(97)107)110-86-27-19-57(5)39-74(86)75-40-58(6)20-28-87(75)110)50-77(89)105(100)76-49-80-94(51-88(76)111(90)103-63(11)31-61(9)32-64(103)12)115-98-47-68(45-96-101(98)106(80)78-41-59(7)21-29-92(78)113-96)109-84-25-17-55(3)37-72(84)73-38-56(4)18-26-85(73)109/h15-52H,1-14H3. The largest absolute Gasteiger partial charge is 0.458 e. The monoisotopic (exact) mass is 1500 g/mol. The number of fused-ring (bicyclic) bond motifs is 21. The number of aromatic nitrogens is 3. The first-order valence-corrected chi connectivity index (χ1v) is 40.8. The lowest BCUT2D eigenvalue weighted by molar-refractivity contribution is 0.463. The zero-order valence-corrected chi connectivity index (χ0v) is 67.5. The van der Waals surface area contributed by atoms with E-state index in [1.165, 1.54) is 115 Å². The first kappa shape index (κ1) is 67.2. The topological polar surface area (TPSA) is 58.2 Å². The van der Waals surface area contributed by atoms with Gasteiger partial charge in [0, 0.05) is 102 Å². The molecule has 24 rings (SSSR count). The minimum Gasteiger partial charge on any atom is -0.458 e. The Hall–Kier alpha value is -13.3. The second-order valence-electron chi connectivity index (χ2n) is 34.6. The van der Waals surface area contributed by atoms with Crippen molar-refractivity contribution in [2.24, 2.45) is 0 Å². The van der Waals surface area contributed by atoms with Gasteiger partial charge < -0.3 is 42.4 Å². The van der Waals surface area contributed by atoms with Gasteiger partial charge in [0.1, 0.15) is 46.0 Å². The Bertz CT molecular complexity index is 7040. The Morgan fingerprint density at radius 2 is 0.457 bits per heavy atom. The second kappa shape index (κ2) is 23.7. The summed E-state index contributed by atoms with van der Waals surface area (Å²) < 4.78 is 37.8. The van der Waals surface area contributed by atoms with E-state index in [9.17, 15) is 0 Å². The molecule has 554 valence electrons. The van der Waals surface area contributed by atoms with E-state index >= 15 is 0 Å². The summed E-state index contributed by atoms with van der Waals surface area (Å²) in [4.78, 5) is 5.28. The summed E-state index contributed by atoms with van der Waals surface area (Å²) in [6.45, 7) is 30.4. The molecule has 0 bridgehead atoms. The Kier molecular flexibility index (Phi) is 13.7. The van der Waals surface area contributed by atoms with Crippen LogP contribution in [-0.4, -0.2) is 33.8 Å². The summed E-state index contributed by atoms with van der Waals surface area (Å²) in [6, 6.07) is 88.4. The fraction of sp³-hybridized carbons (Fsp3) is 0.135. The maximum atomic E-state index is 7.89. The Morgan fingerprint density at radius 3 is 0.767 bits per heavy atom. The molecule has 0 saturated heterocycles. The van der Waals surface area contributed by atoms with Gasteiger partial charge in [-0.2, -0.15) is 0 Å². The molecule has 3 aromatic heterocycles. The van der Waals surface area contributed by atoms with Crippen LogP contribution in [0.2, 0.25) is 0 Å². The summed E-state index contributed by atoms with van der Waals surface area (Å²) >= 11 is 0. The van der Waals surface area contributed by atoms with Crippen LogP contribution >= 0.6 is 0 Å². The number of hydrogen-bond donors (Lipinski definition) is 0. The summed E-state index contributed by atoms with van der Waals surface area (Å²) in [7, 11) is 0. The Balaban J connectivity index is 0.816. The first-order valence-electron chi connectivity index (χ1n) is 40.8. The SMILES string of the molecule is Cc1cc(C)c(N2c3cc4c(cc3B3c5cc6c(cc5N(c5c(C)cc(C)cc5C)c5cc(-n7c8ccc(C)cc8c8cc(C)ccc87)cc2c53)Oc2cc(-n3c5ccc(C)cc5c5cc(C)ccc53)cc3c2B6c2cc(C)ccc2O3)B2c3cc(C)ccc3Oc3cc(-n5c6ccc(C)cc6c6cc(C)ccc65)cc(c32)O4)c(C)c1. The quantitative estimate of drug-likeness (QED) is 0.160. The van der Waals surface area contributed by atoms with Gasteiger partial charge in [-0.05, 0) is 254 Å². The predicted octanol–water partition coefficient (Wildman–Crippen LogP) is 20.8. The maximum Gasteiger partial charge on any atom is 0.260 e. The maximum absolute atomic E-state index is 7.89. The zero-order valence-electron chi connectivity index (χ0n) is 67.5. The van der Waals surface area contributed by atoms with Crippen molar-refractivity contribution in [1.82, 2.24) is 13.7 Å². The van der Waals surface area contributed by atoms with Crippen LogP contribution < -0.4 is 77.9 Å². The number of hydrogen-bond acceptors (Lipinski definition) is 6. The molecule has 6 aliphatic heterocycles. The third-order valence-corrected chi connectivity index (χ3v) is 26.2. The zero-order chi connectivity index (χ0) is 78.3. The lowest BCUT2D eigenvalue weighted by atomic mass is 9.29. The molecule has 0 spiro atoms. The highest BCUT2D eigenvalue weighted by atomic mass is 16.5. The first-order chi connectivity index (χ1) is 56.2. The molecule has 0 unspecified atom stereocenters. The lowest BCUT2D eigenvalue weighted by Gasteiger charge is -2.47. The van der Waals surface area contributed by atoms with E-state index in [1.54, 1.807) is 0 Å². The van der Waals surface area contributed by atoms with E-state index in [0.29, 0.717) is 0 Å². The van der Waals surface area contributed by atoms with E-state index in [1.807, 2.05) is 0 Å². The van der Waals surface area contributed by atoms with Crippen LogP contribution in [0, 0.1) is 96.9 Å². The van der Waals surface area contributed by atoms with E-state index in [2.05, 4.69) is 351 Å². The smallest absolute Gasteiger partial charge is 0.260 e. The number of rotatable bonds is 5. The molecular weight excluding hydrogens is 1420 g/mol. The van der Waals surface area contributed by atoms with E-state index in [-0.39, 0.29) is 20.1 Å². The number of anilines is 6. The van der Waals surface area contributed by atoms with Crippen molar-refractivity contribution in [2.75, 3.05) is 9.80 Å². The van der Waals surface area contributed by atoms with Gasteiger partial charge in [-0.15, -0.1) is 0 Å². The highest BCUT2D eigenvalue weighted by Crippen LogP contribution is 2.53. The number of benzene rings is 15. The molecule has 18 aromatic rings. The van der Waals surface area contributed by atoms with E-state index in [4.69, 9.17) is 18.9 Å². The van der Waals surface area contributed by atoms with Gasteiger partial charge in [-0.3, -0.25) is 0 Å². The summed E-state index contributed by atoms with van der Waals surface area (Å²) in [5.74, 6) is 6.41. The molecule has 6 aliphatic rings. The number of nitrogens with zero attached hydrogens (tertiary/aromatic N) is 5. The minimum atomic E-state index is -0.368.